The number of esters is 1. The largest absolute Gasteiger partial charge is 0.493 e. The summed E-state index contributed by atoms with van der Waals surface area (Å²) in [5.74, 6) is -0.0608. The van der Waals surface area contributed by atoms with Crippen LogP contribution in [-0.2, 0) is 0 Å². The van der Waals surface area contributed by atoms with Gasteiger partial charge in [-0.05, 0) is 35.9 Å². The van der Waals surface area contributed by atoms with Gasteiger partial charge in [-0.3, -0.25) is 0 Å². The molecular weight excluding hydrogens is 288 g/mol. The van der Waals surface area contributed by atoms with Gasteiger partial charge >= 0.3 is 5.97 Å². The number of carbonyl (C=O) groups is 1. The molecule has 0 saturated heterocycles. The summed E-state index contributed by atoms with van der Waals surface area (Å²) in [7, 11) is 1.45. The van der Waals surface area contributed by atoms with Crippen LogP contribution in [0.15, 0.2) is 51.2 Å². The number of furan rings is 1. The van der Waals surface area contributed by atoms with Crippen molar-refractivity contribution in [2.45, 2.75) is 0 Å². The van der Waals surface area contributed by atoms with Gasteiger partial charge in [-0.25, -0.2) is 4.79 Å². The molecule has 2 rings (SSSR count). The second-order valence-corrected chi connectivity index (χ2v) is 4.05. The monoisotopic (exact) mass is 302 g/mol. The fourth-order valence-corrected chi connectivity index (χ4v) is 1.56. The van der Waals surface area contributed by atoms with Gasteiger partial charge in [0.15, 0.2) is 11.5 Å². The third kappa shape index (κ3) is 3.85. The fourth-order valence-electron chi connectivity index (χ4n) is 1.56. The van der Waals surface area contributed by atoms with Crippen LogP contribution in [0, 0.1) is 0 Å². The van der Waals surface area contributed by atoms with Crippen molar-refractivity contribution in [2.75, 3.05) is 7.11 Å². The molecule has 8 heteroatoms. The average molecular weight is 302 g/mol. The lowest BCUT2D eigenvalue weighted by molar-refractivity contribution is 0.0696. The number of ether oxygens (including phenoxy) is 2. The zero-order valence-electron chi connectivity index (χ0n) is 11.7. The quantitative estimate of drug-likeness (QED) is 0.280. The molecule has 0 amide bonds. The molecule has 0 saturated carbocycles. The minimum atomic E-state index is -0.620. The van der Waals surface area contributed by atoms with Gasteiger partial charge in [0.1, 0.15) is 0 Å². The van der Waals surface area contributed by atoms with Gasteiger partial charge in [0, 0.05) is 0 Å². The first-order chi connectivity index (χ1) is 10.6. The smallest absolute Gasteiger partial charge is 0.379 e. The Morgan fingerprint density at radius 3 is 2.73 bits per heavy atom. The van der Waals surface area contributed by atoms with Gasteiger partial charge in [0.2, 0.25) is 11.7 Å². The summed E-state index contributed by atoms with van der Waals surface area (Å²) >= 11 is 0. The maximum atomic E-state index is 11.8. The minimum absolute atomic E-state index is 0.0976. The molecule has 114 valence electrons. The third-order valence-electron chi connectivity index (χ3n) is 2.49. The number of methoxy groups -OCH3 is 1. The standard InChI is InChI=1S/C14H14N4O4/c1-20-12-7-9(8-17-18-14(15)16)4-5-10(12)22-13(19)11-3-2-6-21-11/h2-8H,1H3,(H4,15,16,18)/b17-8-. The molecule has 0 aliphatic rings. The van der Waals surface area contributed by atoms with E-state index in [2.05, 4.69) is 10.2 Å². The first-order valence-electron chi connectivity index (χ1n) is 6.16. The highest BCUT2D eigenvalue weighted by atomic mass is 16.6. The molecule has 0 fully saturated rings. The lowest BCUT2D eigenvalue weighted by Gasteiger charge is -2.08. The van der Waals surface area contributed by atoms with Crippen molar-refractivity contribution in [2.24, 2.45) is 21.7 Å². The molecule has 4 N–H and O–H groups in total. The Kier molecular flexibility index (Phi) is 4.76. The van der Waals surface area contributed by atoms with E-state index in [1.807, 2.05) is 0 Å². The van der Waals surface area contributed by atoms with Crippen LogP contribution in [0.3, 0.4) is 0 Å². The van der Waals surface area contributed by atoms with Gasteiger partial charge in [-0.1, -0.05) is 0 Å². The highest BCUT2D eigenvalue weighted by Gasteiger charge is 2.14. The summed E-state index contributed by atoms with van der Waals surface area (Å²) in [6, 6.07) is 7.95. The van der Waals surface area contributed by atoms with Gasteiger partial charge in [0.05, 0.1) is 19.6 Å². The first-order valence-corrected chi connectivity index (χ1v) is 6.16. The number of nitrogens with two attached hydrogens (primary N) is 2. The highest BCUT2D eigenvalue weighted by molar-refractivity contribution is 5.89. The van der Waals surface area contributed by atoms with Crippen LogP contribution >= 0.6 is 0 Å². The number of nitrogens with zero attached hydrogens (tertiary/aromatic N) is 2. The van der Waals surface area contributed by atoms with E-state index in [4.69, 9.17) is 25.4 Å². The summed E-state index contributed by atoms with van der Waals surface area (Å²) in [6.07, 6.45) is 2.82. The van der Waals surface area contributed by atoms with Crippen LogP contribution in [-0.4, -0.2) is 25.3 Å². The van der Waals surface area contributed by atoms with Crippen LogP contribution < -0.4 is 20.9 Å². The topological polar surface area (TPSA) is 125 Å². The molecule has 0 spiro atoms. The Labute approximate surface area is 126 Å². The number of hydrogen-bond donors (Lipinski definition) is 2. The van der Waals surface area contributed by atoms with Gasteiger partial charge < -0.3 is 25.4 Å². The van der Waals surface area contributed by atoms with Gasteiger partial charge in [-0.2, -0.15) is 5.10 Å². The number of hydrogen-bond acceptors (Lipinski definition) is 6. The Balaban J connectivity index is 2.17. The molecule has 1 heterocycles. The van der Waals surface area contributed by atoms with Crippen molar-refractivity contribution < 1.29 is 18.7 Å². The molecule has 0 unspecified atom stereocenters. The van der Waals surface area contributed by atoms with Crippen molar-refractivity contribution in [3.63, 3.8) is 0 Å². The van der Waals surface area contributed by atoms with E-state index in [0.29, 0.717) is 11.3 Å². The van der Waals surface area contributed by atoms with Gasteiger partial charge in [0.25, 0.3) is 0 Å². The Morgan fingerprint density at radius 1 is 1.27 bits per heavy atom. The number of rotatable bonds is 5. The van der Waals surface area contributed by atoms with E-state index in [-0.39, 0.29) is 17.5 Å². The van der Waals surface area contributed by atoms with Crippen LogP contribution in [0.1, 0.15) is 16.1 Å². The lowest BCUT2D eigenvalue weighted by Crippen LogP contribution is -2.21. The molecular formula is C14H14N4O4. The number of guanidine groups is 1. The maximum Gasteiger partial charge on any atom is 0.379 e. The molecule has 0 atom stereocenters. The Morgan fingerprint density at radius 2 is 2.09 bits per heavy atom. The zero-order chi connectivity index (χ0) is 15.9. The Bertz CT molecular complexity index is 704. The molecule has 0 radical (unpaired) electrons. The van der Waals surface area contributed by atoms with E-state index < -0.39 is 5.97 Å². The molecule has 0 bridgehead atoms. The molecule has 1 aromatic carbocycles. The van der Waals surface area contributed by atoms with Crippen LogP contribution in [0.5, 0.6) is 11.5 Å². The van der Waals surface area contributed by atoms with E-state index in [0.717, 1.165) is 0 Å². The second kappa shape index (κ2) is 6.93. The third-order valence-corrected chi connectivity index (χ3v) is 2.49. The summed E-state index contributed by atoms with van der Waals surface area (Å²) in [4.78, 5) is 11.8. The normalized spacial score (nSPS) is 10.4. The molecule has 0 aliphatic heterocycles. The van der Waals surface area contributed by atoms with Gasteiger partial charge in [-0.15, -0.1) is 5.10 Å². The molecule has 0 aliphatic carbocycles. The van der Waals surface area contributed by atoms with Crippen LogP contribution in [0.4, 0.5) is 0 Å². The van der Waals surface area contributed by atoms with Crippen LogP contribution in [0.2, 0.25) is 0 Å². The van der Waals surface area contributed by atoms with Crippen molar-refractivity contribution in [1.29, 1.82) is 0 Å². The van der Waals surface area contributed by atoms with Crippen molar-refractivity contribution in [3.05, 3.63) is 47.9 Å². The average Bonchev–Trinajstić information content (AvgIpc) is 3.02. The summed E-state index contributed by atoms with van der Waals surface area (Å²) < 4.78 is 15.4. The predicted octanol–water partition coefficient (Wildman–Crippen LogP) is 1.11. The molecule has 22 heavy (non-hydrogen) atoms. The first kappa shape index (κ1) is 15.1. The van der Waals surface area contributed by atoms with E-state index in [9.17, 15) is 4.79 Å². The Hall–Kier alpha value is -3.29. The molecule has 1 aromatic heterocycles. The van der Waals surface area contributed by atoms with E-state index in [1.165, 1.54) is 25.7 Å². The highest BCUT2D eigenvalue weighted by Crippen LogP contribution is 2.28. The number of carbonyl (C=O) groups excluding carboxylic acids is 1. The van der Waals surface area contributed by atoms with Crippen molar-refractivity contribution in [3.8, 4) is 11.5 Å². The lowest BCUT2D eigenvalue weighted by atomic mass is 10.2. The summed E-state index contributed by atoms with van der Waals surface area (Å²) in [5, 5.41) is 7.17. The van der Waals surface area contributed by atoms with Crippen molar-refractivity contribution >= 4 is 18.1 Å². The van der Waals surface area contributed by atoms with Crippen LogP contribution in [0.25, 0.3) is 0 Å². The fraction of sp³-hybridized carbons (Fsp3) is 0.0714. The molecule has 2 aromatic rings. The van der Waals surface area contributed by atoms with E-state index in [1.54, 1.807) is 24.3 Å². The minimum Gasteiger partial charge on any atom is -0.493 e. The van der Waals surface area contributed by atoms with E-state index >= 15 is 0 Å². The summed E-state index contributed by atoms with van der Waals surface area (Å²) in [6.45, 7) is 0. The van der Waals surface area contributed by atoms with Crippen molar-refractivity contribution in [1.82, 2.24) is 0 Å². The zero-order valence-corrected chi connectivity index (χ0v) is 11.7. The molecule has 8 nitrogen and oxygen atoms in total. The predicted molar refractivity (Wildman–Crippen MR) is 80.1 cm³/mol. The second-order valence-electron chi connectivity index (χ2n) is 4.05. The SMILES string of the molecule is COc1cc(/C=N\N=C(N)N)ccc1OC(=O)c1ccco1. The maximum absolute atomic E-state index is 11.8. The number of benzene rings is 1. The summed E-state index contributed by atoms with van der Waals surface area (Å²) in [5.41, 5.74) is 11.0.